The van der Waals surface area contributed by atoms with Crippen LogP contribution in [0.4, 0.5) is 8.78 Å². The third-order valence-electron chi connectivity index (χ3n) is 3.59. The van der Waals surface area contributed by atoms with Crippen LogP contribution < -0.4 is 0 Å². The Morgan fingerprint density at radius 1 is 1.26 bits per heavy atom. The van der Waals surface area contributed by atoms with Crippen molar-refractivity contribution in [2.45, 2.75) is 49.3 Å². The number of rotatable bonds is 2. The summed E-state index contributed by atoms with van der Waals surface area (Å²) in [4.78, 5) is -0.270. The SMILES string of the molecule is Cc1ccc(S(=O)(=O)[O-])c(C2CCC(F)(F)CC2)c1. The Morgan fingerprint density at radius 3 is 2.37 bits per heavy atom. The molecule has 0 bridgehead atoms. The molecule has 0 N–H and O–H groups in total. The standard InChI is InChI=1S/C13H16F2O3S/c1-9-2-3-12(19(16,17)18)11(8-9)10-4-6-13(14,15)7-5-10/h2-3,8,10H,4-7H2,1H3,(H,16,17,18)/p-1. The molecule has 0 aliphatic heterocycles. The molecule has 1 saturated carbocycles. The fourth-order valence-electron chi connectivity index (χ4n) is 2.57. The molecule has 0 spiro atoms. The van der Waals surface area contributed by atoms with Crippen LogP contribution in [0, 0.1) is 6.92 Å². The van der Waals surface area contributed by atoms with Gasteiger partial charge in [0.05, 0.1) is 4.90 Å². The van der Waals surface area contributed by atoms with E-state index in [1.807, 2.05) is 0 Å². The molecule has 1 aromatic carbocycles. The summed E-state index contributed by atoms with van der Waals surface area (Å²) in [6.45, 7) is 1.78. The summed E-state index contributed by atoms with van der Waals surface area (Å²) in [5.74, 6) is -2.95. The average molecular weight is 289 g/mol. The van der Waals surface area contributed by atoms with Crippen LogP contribution >= 0.6 is 0 Å². The number of benzene rings is 1. The van der Waals surface area contributed by atoms with Gasteiger partial charge in [-0.25, -0.2) is 17.2 Å². The van der Waals surface area contributed by atoms with Crippen molar-refractivity contribution in [3.63, 3.8) is 0 Å². The van der Waals surface area contributed by atoms with Crippen molar-refractivity contribution in [1.82, 2.24) is 0 Å². The number of aryl methyl sites for hydroxylation is 1. The highest BCUT2D eigenvalue weighted by atomic mass is 32.2. The topological polar surface area (TPSA) is 57.2 Å². The lowest BCUT2D eigenvalue weighted by molar-refractivity contribution is -0.0383. The van der Waals surface area contributed by atoms with Crippen LogP contribution in [-0.2, 0) is 10.1 Å². The Morgan fingerprint density at radius 2 is 1.84 bits per heavy atom. The maximum Gasteiger partial charge on any atom is 0.248 e. The smallest absolute Gasteiger partial charge is 0.248 e. The number of hydrogen-bond donors (Lipinski definition) is 0. The highest BCUT2D eigenvalue weighted by Gasteiger charge is 2.36. The molecule has 0 radical (unpaired) electrons. The molecule has 1 aliphatic carbocycles. The van der Waals surface area contributed by atoms with Crippen molar-refractivity contribution < 1.29 is 21.8 Å². The zero-order chi connectivity index (χ0) is 14.3. The van der Waals surface area contributed by atoms with Gasteiger partial charge in [-0.2, -0.15) is 0 Å². The Balaban J connectivity index is 2.37. The number of halogens is 2. The predicted molar refractivity (Wildman–Crippen MR) is 65.3 cm³/mol. The fourth-order valence-corrected chi connectivity index (χ4v) is 3.31. The molecule has 0 saturated heterocycles. The van der Waals surface area contributed by atoms with Crippen LogP contribution in [-0.4, -0.2) is 18.9 Å². The molecule has 6 heteroatoms. The second-order valence-corrected chi connectivity index (χ2v) is 6.47. The summed E-state index contributed by atoms with van der Waals surface area (Å²) in [6, 6.07) is 4.45. The molecule has 2 rings (SSSR count). The minimum Gasteiger partial charge on any atom is -0.744 e. The van der Waals surface area contributed by atoms with Crippen molar-refractivity contribution in [1.29, 1.82) is 0 Å². The molecule has 1 fully saturated rings. The van der Waals surface area contributed by atoms with E-state index in [1.54, 1.807) is 19.1 Å². The third-order valence-corrected chi connectivity index (χ3v) is 4.50. The Labute approximate surface area is 111 Å². The summed E-state index contributed by atoms with van der Waals surface area (Å²) in [5, 5.41) is 0. The van der Waals surface area contributed by atoms with E-state index in [0.717, 1.165) is 5.56 Å². The largest absolute Gasteiger partial charge is 0.744 e. The van der Waals surface area contributed by atoms with Crippen molar-refractivity contribution >= 4 is 10.1 Å². The Hall–Kier alpha value is -1.01. The first kappa shape index (κ1) is 14.4. The van der Waals surface area contributed by atoms with E-state index in [9.17, 15) is 21.8 Å². The minimum atomic E-state index is -4.57. The first-order valence-electron chi connectivity index (χ1n) is 6.13. The van der Waals surface area contributed by atoms with Gasteiger partial charge in [0.1, 0.15) is 10.1 Å². The monoisotopic (exact) mass is 289 g/mol. The third kappa shape index (κ3) is 3.30. The Kier molecular flexibility index (Phi) is 3.66. The van der Waals surface area contributed by atoms with Crippen LogP contribution in [0.3, 0.4) is 0 Å². The van der Waals surface area contributed by atoms with Gasteiger partial charge in [-0.05, 0) is 37.3 Å². The molecule has 0 aromatic heterocycles. The van der Waals surface area contributed by atoms with Gasteiger partial charge < -0.3 is 4.55 Å². The van der Waals surface area contributed by atoms with Crippen molar-refractivity contribution in [2.24, 2.45) is 0 Å². The van der Waals surface area contributed by atoms with E-state index in [4.69, 9.17) is 0 Å². The van der Waals surface area contributed by atoms with Crippen molar-refractivity contribution in [3.8, 4) is 0 Å². The van der Waals surface area contributed by atoms with E-state index in [2.05, 4.69) is 0 Å². The second-order valence-electron chi connectivity index (χ2n) is 5.13. The van der Waals surface area contributed by atoms with Gasteiger partial charge in [0.2, 0.25) is 5.92 Å². The summed E-state index contributed by atoms with van der Waals surface area (Å²) in [7, 11) is -4.57. The fraction of sp³-hybridized carbons (Fsp3) is 0.538. The van der Waals surface area contributed by atoms with Crippen LogP contribution in [0.5, 0.6) is 0 Å². The summed E-state index contributed by atoms with van der Waals surface area (Å²) >= 11 is 0. The first-order valence-corrected chi connectivity index (χ1v) is 7.54. The molecule has 3 nitrogen and oxygen atoms in total. The zero-order valence-electron chi connectivity index (χ0n) is 10.5. The maximum absolute atomic E-state index is 13.1. The Bertz CT molecular complexity index is 572. The van der Waals surface area contributed by atoms with Gasteiger partial charge in [0.15, 0.2) is 0 Å². The molecule has 1 aromatic rings. The first-order chi connectivity index (χ1) is 8.69. The molecule has 19 heavy (non-hydrogen) atoms. The molecular formula is C13H15F2O3S-. The van der Waals surface area contributed by atoms with E-state index < -0.39 is 16.0 Å². The lowest BCUT2D eigenvalue weighted by Crippen LogP contribution is -2.24. The zero-order valence-corrected chi connectivity index (χ0v) is 11.3. The lowest BCUT2D eigenvalue weighted by Gasteiger charge is -2.30. The van der Waals surface area contributed by atoms with Gasteiger partial charge in [0, 0.05) is 12.8 Å². The molecule has 0 heterocycles. The highest BCUT2D eigenvalue weighted by Crippen LogP contribution is 2.42. The van der Waals surface area contributed by atoms with E-state index in [0.29, 0.717) is 5.56 Å². The van der Waals surface area contributed by atoms with E-state index in [1.165, 1.54) is 6.07 Å². The molecule has 0 atom stereocenters. The van der Waals surface area contributed by atoms with Gasteiger partial charge in [-0.15, -0.1) is 0 Å². The van der Waals surface area contributed by atoms with Crippen LogP contribution in [0.25, 0.3) is 0 Å². The van der Waals surface area contributed by atoms with Gasteiger partial charge >= 0.3 is 0 Å². The average Bonchev–Trinajstić information content (AvgIpc) is 2.27. The summed E-state index contributed by atoms with van der Waals surface area (Å²) in [6.07, 6.45) is -0.105. The maximum atomic E-state index is 13.1. The van der Waals surface area contributed by atoms with Crippen molar-refractivity contribution in [3.05, 3.63) is 29.3 Å². The van der Waals surface area contributed by atoms with E-state index >= 15 is 0 Å². The minimum absolute atomic E-state index is 0.207. The normalized spacial score (nSPS) is 20.4. The molecule has 106 valence electrons. The second kappa shape index (κ2) is 4.83. The lowest BCUT2D eigenvalue weighted by atomic mass is 9.82. The summed E-state index contributed by atoms with van der Waals surface area (Å²) in [5.41, 5.74) is 1.21. The van der Waals surface area contributed by atoms with E-state index in [-0.39, 0.29) is 36.5 Å². The molecule has 1 aliphatic rings. The van der Waals surface area contributed by atoms with Crippen molar-refractivity contribution in [2.75, 3.05) is 0 Å². The van der Waals surface area contributed by atoms with Crippen LogP contribution in [0.2, 0.25) is 0 Å². The summed E-state index contributed by atoms with van der Waals surface area (Å²) < 4.78 is 59.9. The number of alkyl halides is 2. The number of hydrogen-bond acceptors (Lipinski definition) is 3. The molecular weight excluding hydrogens is 274 g/mol. The van der Waals surface area contributed by atoms with Gasteiger partial charge in [0.25, 0.3) is 0 Å². The van der Waals surface area contributed by atoms with Gasteiger partial charge in [-0.1, -0.05) is 17.7 Å². The predicted octanol–water partition coefficient (Wildman–Crippen LogP) is 3.19. The highest BCUT2D eigenvalue weighted by molar-refractivity contribution is 7.85. The van der Waals surface area contributed by atoms with Crippen LogP contribution in [0.15, 0.2) is 23.1 Å². The molecule has 0 amide bonds. The molecule has 0 unspecified atom stereocenters. The quantitative estimate of drug-likeness (QED) is 0.786. The van der Waals surface area contributed by atoms with Crippen LogP contribution in [0.1, 0.15) is 42.7 Å². The van der Waals surface area contributed by atoms with Gasteiger partial charge in [-0.3, -0.25) is 0 Å².